The first-order chi connectivity index (χ1) is 14.7. The number of hydrogen-bond donors (Lipinski definition) is 0. The zero-order valence-corrected chi connectivity index (χ0v) is 18.9. The number of halogens is 1. The summed E-state index contributed by atoms with van der Waals surface area (Å²) in [5, 5.41) is 0.479. The van der Waals surface area contributed by atoms with Gasteiger partial charge in [-0.15, -0.1) is 0 Å². The number of carbonyl (C=O) groups is 2. The van der Waals surface area contributed by atoms with Crippen LogP contribution in [0.15, 0.2) is 41.3 Å². The third kappa shape index (κ3) is 3.11. The van der Waals surface area contributed by atoms with E-state index in [4.69, 9.17) is 21.1 Å². The summed E-state index contributed by atoms with van der Waals surface area (Å²) in [6.45, 7) is 1.78. The minimum atomic E-state index is -4.22. The van der Waals surface area contributed by atoms with E-state index in [0.29, 0.717) is 21.9 Å². The first-order valence-corrected chi connectivity index (χ1v) is 11.6. The van der Waals surface area contributed by atoms with Crippen LogP contribution in [-0.4, -0.2) is 50.6 Å². The molecule has 0 saturated carbocycles. The maximum Gasteiger partial charge on any atom is 0.228 e. The van der Waals surface area contributed by atoms with Crippen LogP contribution in [0, 0.1) is 12.8 Å². The van der Waals surface area contributed by atoms with Crippen LogP contribution in [0.2, 0.25) is 5.02 Å². The quantitative estimate of drug-likeness (QED) is 0.612. The van der Waals surface area contributed by atoms with Gasteiger partial charge >= 0.3 is 0 Å². The molecule has 2 heterocycles. The number of aryl methyl sites for hydroxylation is 1. The molecule has 0 N–H and O–H groups in total. The van der Waals surface area contributed by atoms with Gasteiger partial charge in [0.25, 0.3) is 0 Å². The molecule has 9 heteroatoms. The van der Waals surface area contributed by atoms with Gasteiger partial charge in [0.2, 0.25) is 20.6 Å². The molecule has 2 atom stereocenters. The maximum atomic E-state index is 13.7. The number of nitrogens with zero attached hydrogens (tertiary/aromatic N) is 1. The van der Waals surface area contributed by atoms with E-state index in [-0.39, 0.29) is 35.9 Å². The lowest BCUT2D eigenvalue weighted by atomic mass is 9.92. The van der Waals surface area contributed by atoms with Crippen molar-refractivity contribution in [1.82, 2.24) is 4.90 Å². The van der Waals surface area contributed by atoms with E-state index in [1.807, 2.05) is 0 Å². The molecule has 4 rings (SSSR count). The predicted molar refractivity (Wildman–Crippen MR) is 114 cm³/mol. The standard InChI is InChI=1S/C22H22ClNO6S/c1-13-4-6-18(30-3)19(8-13)31(27,28)22-11-20(25)24(22)12-15(21(22)26)9-14-10-16(23)5-7-17(14)29-2/h4-8,10,15H,9,11-12H2,1-3H3. The summed E-state index contributed by atoms with van der Waals surface area (Å²) >= 11 is 6.10. The highest BCUT2D eigenvalue weighted by atomic mass is 35.5. The van der Waals surface area contributed by atoms with E-state index in [9.17, 15) is 18.0 Å². The first-order valence-electron chi connectivity index (χ1n) is 9.72. The molecule has 2 fully saturated rings. The minimum absolute atomic E-state index is 0.0285. The Bertz CT molecular complexity index is 1190. The number of rotatable bonds is 6. The highest BCUT2D eigenvalue weighted by Crippen LogP contribution is 2.50. The van der Waals surface area contributed by atoms with Crippen LogP contribution in [-0.2, 0) is 25.8 Å². The number of ketones is 1. The molecule has 7 nitrogen and oxygen atoms in total. The molecule has 0 bridgehead atoms. The normalized spacial score (nSPS) is 22.8. The number of carbonyl (C=O) groups excluding carboxylic acids is 2. The largest absolute Gasteiger partial charge is 0.496 e. The lowest BCUT2D eigenvalue weighted by Gasteiger charge is -2.44. The average Bonchev–Trinajstić information content (AvgIpc) is 2.96. The van der Waals surface area contributed by atoms with Crippen LogP contribution in [0.3, 0.4) is 0 Å². The van der Waals surface area contributed by atoms with Gasteiger partial charge in [-0.25, -0.2) is 8.42 Å². The van der Waals surface area contributed by atoms with Crippen molar-refractivity contribution in [1.29, 1.82) is 0 Å². The van der Waals surface area contributed by atoms with E-state index in [1.54, 1.807) is 37.3 Å². The second kappa shape index (κ2) is 7.53. The summed E-state index contributed by atoms with van der Waals surface area (Å²) in [4.78, 5) is 25.1. The van der Waals surface area contributed by atoms with Crippen molar-refractivity contribution >= 4 is 33.1 Å². The number of ether oxygens (including phenoxy) is 2. The summed E-state index contributed by atoms with van der Waals surface area (Å²) in [5.74, 6) is -0.840. The van der Waals surface area contributed by atoms with Gasteiger partial charge < -0.3 is 14.4 Å². The SMILES string of the molecule is COc1ccc(Cl)cc1CC1CN2C(=O)CC2(S(=O)(=O)c2cc(C)ccc2OC)C1=O. The number of Topliss-reactive ketones (excluding diaryl/α,β-unsaturated/α-hetero) is 1. The Balaban J connectivity index is 1.76. The number of methoxy groups -OCH3 is 2. The predicted octanol–water partition coefficient (Wildman–Crippen LogP) is 2.81. The van der Waals surface area contributed by atoms with Crippen molar-refractivity contribution in [2.45, 2.75) is 29.5 Å². The number of β-lactam (4-membered cyclic amide) rings is 1. The maximum absolute atomic E-state index is 13.7. The summed E-state index contributed by atoms with van der Waals surface area (Å²) in [6, 6.07) is 9.82. The number of fused-ring (bicyclic) bond motifs is 1. The van der Waals surface area contributed by atoms with E-state index in [1.165, 1.54) is 25.2 Å². The molecule has 2 aliphatic heterocycles. The van der Waals surface area contributed by atoms with Crippen molar-refractivity contribution in [3.63, 3.8) is 0 Å². The van der Waals surface area contributed by atoms with Gasteiger partial charge in [-0.3, -0.25) is 9.59 Å². The smallest absolute Gasteiger partial charge is 0.228 e. The van der Waals surface area contributed by atoms with Crippen molar-refractivity contribution in [2.24, 2.45) is 5.92 Å². The van der Waals surface area contributed by atoms with Crippen LogP contribution >= 0.6 is 11.6 Å². The Kier molecular flexibility index (Phi) is 5.26. The van der Waals surface area contributed by atoms with Gasteiger partial charge in [-0.1, -0.05) is 17.7 Å². The van der Waals surface area contributed by atoms with Crippen molar-refractivity contribution in [2.75, 3.05) is 20.8 Å². The molecule has 0 radical (unpaired) electrons. The zero-order chi connectivity index (χ0) is 22.6. The third-order valence-electron chi connectivity index (χ3n) is 6.05. The Hall–Kier alpha value is -2.58. The average molecular weight is 464 g/mol. The first kappa shape index (κ1) is 21.6. The molecule has 2 aromatic rings. The molecule has 2 aromatic carbocycles. The van der Waals surface area contributed by atoms with E-state index in [2.05, 4.69) is 0 Å². The highest BCUT2D eigenvalue weighted by Gasteiger charge is 2.71. The Morgan fingerprint density at radius 3 is 2.42 bits per heavy atom. The minimum Gasteiger partial charge on any atom is -0.496 e. The van der Waals surface area contributed by atoms with Gasteiger partial charge in [0.15, 0.2) is 5.78 Å². The van der Waals surface area contributed by atoms with E-state index < -0.39 is 26.4 Å². The molecule has 2 saturated heterocycles. The Morgan fingerprint density at radius 2 is 1.77 bits per heavy atom. The van der Waals surface area contributed by atoms with Crippen molar-refractivity contribution in [3.8, 4) is 11.5 Å². The fourth-order valence-electron chi connectivity index (χ4n) is 4.48. The second-order valence-corrected chi connectivity index (χ2v) is 10.4. The molecule has 2 unspecified atom stereocenters. The third-order valence-corrected chi connectivity index (χ3v) is 8.64. The van der Waals surface area contributed by atoms with Gasteiger partial charge in [0, 0.05) is 17.5 Å². The Morgan fingerprint density at radius 1 is 1.10 bits per heavy atom. The Labute approximate surface area is 185 Å². The lowest BCUT2D eigenvalue weighted by Crippen LogP contribution is -2.67. The lowest BCUT2D eigenvalue weighted by molar-refractivity contribution is -0.150. The molecule has 1 amide bonds. The molecule has 164 valence electrons. The van der Waals surface area contributed by atoms with Gasteiger partial charge in [0.05, 0.1) is 20.6 Å². The number of sulfone groups is 1. The summed E-state index contributed by atoms with van der Waals surface area (Å²) in [5.41, 5.74) is 1.39. The molecule has 2 aliphatic rings. The van der Waals surface area contributed by atoms with Crippen molar-refractivity contribution < 1.29 is 27.5 Å². The van der Waals surface area contributed by atoms with Crippen LogP contribution in [0.1, 0.15) is 17.5 Å². The van der Waals surface area contributed by atoms with E-state index >= 15 is 0 Å². The molecule has 31 heavy (non-hydrogen) atoms. The number of benzene rings is 2. The highest BCUT2D eigenvalue weighted by molar-refractivity contribution is 7.94. The summed E-state index contributed by atoms with van der Waals surface area (Å²) in [6.07, 6.45) is -0.150. The molecule has 0 aliphatic carbocycles. The van der Waals surface area contributed by atoms with Crippen LogP contribution in [0.5, 0.6) is 11.5 Å². The fraction of sp³-hybridized carbons (Fsp3) is 0.364. The molecular weight excluding hydrogens is 442 g/mol. The van der Waals surface area contributed by atoms with E-state index in [0.717, 1.165) is 0 Å². The summed E-state index contributed by atoms with van der Waals surface area (Å²) in [7, 11) is -1.34. The summed E-state index contributed by atoms with van der Waals surface area (Å²) < 4.78 is 38.1. The topological polar surface area (TPSA) is 90.0 Å². The van der Waals surface area contributed by atoms with Crippen LogP contribution in [0.25, 0.3) is 0 Å². The van der Waals surface area contributed by atoms with Crippen molar-refractivity contribution in [3.05, 3.63) is 52.5 Å². The van der Waals surface area contributed by atoms with Gasteiger partial charge in [-0.2, -0.15) is 0 Å². The molecular formula is C22H22ClNO6S. The monoisotopic (exact) mass is 463 g/mol. The zero-order valence-electron chi connectivity index (χ0n) is 17.3. The number of amides is 1. The molecule has 0 spiro atoms. The second-order valence-electron chi connectivity index (χ2n) is 7.84. The number of hydrogen-bond acceptors (Lipinski definition) is 6. The fourth-order valence-corrected chi connectivity index (χ4v) is 7.00. The molecule has 0 aromatic heterocycles. The van der Waals surface area contributed by atoms with Crippen LogP contribution in [0.4, 0.5) is 0 Å². The van der Waals surface area contributed by atoms with Crippen LogP contribution < -0.4 is 9.47 Å². The van der Waals surface area contributed by atoms with Gasteiger partial charge in [-0.05, 0) is 54.8 Å². The van der Waals surface area contributed by atoms with Gasteiger partial charge in [0.1, 0.15) is 16.4 Å².